The molecule has 20 heavy (non-hydrogen) atoms. The standard InChI is InChI=1S/C16H16BNO2/c17-11-12-5-6-15(14-4-2-1-3-13(12)14)16(19)18-7-9-20-10-8-18/h1-6H,7-11H2. The molecule has 1 fully saturated rings. The van der Waals surface area contributed by atoms with Gasteiger partial charge in [0.05, 0.1) is 21.1 Å². The molecule has 0 bridgehead atoms. The Kier molecular flexibility index (Phi) is 3.74. The van der Waals surface area contributed by atoms with E-state index in [4.69, 9.17) is 12.6 Å². The van der Waals surface area contributed by atoms with Gasteiger partial charge < -0.3 is 9.64 Å². The van der Waals surface area contributed by atoms with Crippen molar-refractivity contribution in [3.8, 4) is 0 Å². The number of hydrogen-bond acceptors (Lipinski definition) is 2. The number of benzene rings is 2. The first kappa shape index (κ1) is 13.2. The number of carbonyl (C=O) groups excluding carboxylic acids is 1. The molecule has 0 spiro atoms. The molecule has 0 unspecified atom stereocenters. The highest BCUT2D eigenvalue weighted by molar-refractivity contribution is 6.12. The molecule has 2 aromatic carbocycles. The summed E-state index contributed by atoms with van der Waals surface area (Å²) < 4.78 is 5.30. The number of amides is 1. The molecule has 1 aliphatic rings. The minimum atomic E-state index is 0.0769. The van der Waals surface area contributed by atoms with Crippen molar-refractivity contribution < 1.29 is 9.53 Å². The molecular formula is C16H16BNO2. The highest BCUT2D eigenvalue weighted by Crippen LogP contribution is 2.24. The van der Waals surface area contributed by atoms with Crippen LogP contribution in [0.2, 0.25) is 0 Å². The van der Waals surface area contributed by atoms with Crippen molar-refractivity contribution in [3.05, 3.63) is 47.5 Å². The van der Waals surface area contributed by atoms with Crippen LogP contribution in [0.3, 0.4) is 0 Å². The second-order valence-corrected chi connectivity index (χ2v) is 4.93. The van der Waals surface area contributed by atoms with Gasteiger partial charge in [-0.15, -0.1) is 0 Å². The average Bonchev–Trinajstić information content (AvgIpc) is 2.54. The normalized spacial score (nSPS) is 15.5. The molecule has 4 heteroatoms. The Morgan fingerprint density at radius 2 is 1.80 bits per heavy atom. The van der Waals surface area contributed by atoms with Crippen molar-refractivity contribution in [3.63, 3.8) is 0 Å². The number of morpholine rings is 1. The predicted molar refractivity (Wildman–Crippen MR) is 80.1 cm³/mol. The van der Waals surface area contributed by atoms with Gasteiger partial charge in [-0.25, -0.2) is 0 Å². The molecule has 2 radical (unpaired) electrons. The van der Waals surface area contributed by atoms with Crippen LogP contribution < -0.4 is 0 Å². The lowest BCUT2D eigenvalue weighted by Crippen LogP contribution is -2.40. The summed E-state index contributed by atoms with van der Waals surface area (Å²) in [4.78, 5) is 14.5. The lowest BCUT2D eigenvalue weighted by molar-refractivity contribution is 0.0304. The number of rotatable bonds is 2. The Hall–Kier alpha value is -1.81. The summed E-state index contributed by atoms with van der Waals surface area (Å²) in [6, 6.07) is 11.8. The van der Waals surface area contributed by atoms with E-state index < -0.39 is 0 Å². The van der Waals surface area contributed by atoms with Gasteiger partial charge in [-0.3, -0.25) is 4.79 Å². The average molecular weight is 265 g/mol. The molecule has 0 aliphatic carbocycles. The second kappa shape index (κ2) is 5.67. The fraction of sp³-hybridized carbons (Fsp3) is 0.312. The maximum Gasteiger partial charge on any atom is 0.254 e. The first-order valence-electron chi connectivity index (χ1n) is 6.89. The quantitative estimate of drug-likeness (QED) is 0.777. The van der Waals surface area contributed by atoms with E-state index in [9.17, 15) is 4.79 Å². The molecule has 0 N–H and O–H groups in total. The van der Waals surface area contributed by atoms with Gasteiger partial charge in [-0.1, -0.05) is 36.7 Å². The summed E-state index contributed by atoms with van der Waals surface area (Å²) in [5.74, 6) is 0.0769. The molecule has 1 saturated heterocycles. The first-order valence-corrected chi connectivity index (χ1v) is 6.89. The second-order valence-electron chi connectivity index (χ2n) is 4.93. The van der Waals surface area contributed by atoms with Crippen LogP contribution >= 0.6 is 0 Å². The van der Waals surface area contributed by atoms with Crippen LogP contribution in [0.4, 0.5) is 0 Å². The topological polar surface area (TPSA) is 29.5 Å². The third kappa shape index (κ3) is 2.31. The fourth-order valence-electron chi connectivity index (χ4n) is 2.66. The van der Waals surface area contributed by atoms with Gasteiger partial charge in [0.2, 0.25) is 0 Å². The van der Waals surface area contributed by atoms with E-state index in [2.05, 4.69) is 0 Å². The van der Waals surface area contributed by atoms with Crippen LogP contribution in [0, 0.1) is 0 Å². The maximum absolute atomic E-state index is 12.7. The summed E-state index contributed by atoms with van der Waals surface area (Å²) >= 11 is 0. The van der Waals surface area contributed by atoms with E-state index in [1.54, 1.807) is 0 Å². The Bertz CT molecular complexity index is 635. The number of fused-ring (bicyclic) bond motifs is 1. The molecule has 0 saturated carbocycles. The molecule has 3 nitrogen and oxygen atoms in total. The summed E-state index contributed by atoms with van der Waals surface area (Å²) in [5.41, 5.74) is 1.82. The van der Waals surface area contributed by atoms with Crippen LogP contribution in [0.15, 0.2) is 36.4 Å². The van der Waals surface area contributed by atoms with Crippen molar-refractivity contribution in [2.45, 2.75) is 6.32 Å². The van der Waals surface area contributed by atoms with Crippen LogP contribution in [-0.2, 0) is 11.1 Å². The van der Waals surface area contributed by atoms with Crippen molar-refractivity contribution in [1.82, 2.24) is 4.90 Å². The van der Waals surface area contributed by atoms with Crippen LogP contribution in [-0.4, -0.2) is 45.0 Å². The molecule has 1 amide bonds. The lowest BCUT2D eigenvalue weighted by atomic mass is 9.90. The molecule has 3 rings (SSSR count). The number of carbonyl (C=O) groups is 1. The summed E-state index contributed by atoms with van der Waals surface area (Å²) in [6.07, 6.45) is 0.479. The van der Waals surface area contributed by atoms with Crippen LogP contribution in [0.5, 0.6) is 0 Å². The first-order chi connectivity index (χ1) is 9.81. The van der Waals surface area contributed by atoms with E-state index in [1.807, 2.05) is 41.3 Å². The highest BCUT2D eigenvalue weighted by atomic mass is 16.5. The number of nitrogens with zero attached hydrogens (tertiary/aromatic N) is 1. The number of hydrogen-bond donors (Lipinski definition) is 0. The fourth-order valence-corrected chi connectivity index (χ4v) is 2.66. The Labute approximate surface area is 119 Å². The maximum atomic E-state index is 12.7. The summed E-state index contributed by atoms with van der Waals surface area (Å²) in [5, 5.41) is 2.04. The Morgan fingerprint density at radius 1 is 1.10 bits per heavy atom. The lowest BCUT2D eigenvalue weighted by Gasteiger charge is -2.27. The van der Waals surface area contributed by atoms with Crippen LogP contribution in [0.1, 0.15) is 15.9 Å². The third-order valence-electron chi connectivity index (χ3n) is 3.76. The van der Waals surface area contributed by atoms with E-state index in [0.29, 0.717) is 32.6 Å². The molecule has 0 aromatic heterocycles. The molecule has 2 aromatic rings. The molecule has 0 atom stereocenters. The number of ether oxygens (including phenoxy) is 1. The predicted octanol–water partition coefficient (Wildman–Crippen LogP) is 1.98. The Morgan fingerprint density at radius 3 is 2.50 bits per heavy atom. The minimum Gasteiger partial charge on any atom is -0.378 e. The zero-order valence-corrected chi connectivity index (χ0v) is 11.3. The van der Waals surface area contributed by atoms with Crippen molar-refractivity contribution >= 4 is 24.5 Å². The third-order valence-corrected chi connectivity index (χ3v) is 3.76. The van der Waals surface area contributed by atoms with Crippen molar-refractivity contribution in [2.75, 3.05) is 26.3 Å². The van der Waals surface area contributed by atoms with E-state index in [1.165, 1.54) is 0 Å². The zero-order chi connectivity index (χ0) is 13.9. The monoisotopic (exact) mass is 265 g/mol. The van der Waals surface area contributed by atoms with Gasteiger partial charge in [0, 0.05) is 18.7 Å². The van der Waals surface area contributed by atoms with Gasteiger partial charge in [-0.05, 0) is 22.4 Å². The smallest absolute Gasteiger partial charge is 0.254 e. The van der Waals surface area contributed by atoms with Gasteiger partial charge in [0.1, 0.15) is 0 Å². The van der Waals surface area contributed by atoms with Crippen molar-refractivity contribution in [1.29, 1.82) is 0 Å². The largest absolute Gasteiger partial charge is 0.378 e. The molecule has 100 valence electrons. The van der Waals surface area contributed by atoms with Crippen LogP contribution in [0.25, 0.3) is 10.8 Å². The van der Waals surface area contributed by atoms with Gasteiger partial charge in [0.15, 0.2) is 0 Å². The molecule has 1 heterocycles. The van der Waals surface area contributed by atoms with Gasteiger partial charge >= 0.3 is 0 Å². The van der Waals surface area contributed by atoms with Gasteiger partial charge in [-0.2, -0.15) is 0 Å². The SMILES string of the molecule is [B]Cc1ccc(C(=O)N2CCOCC2)c2ccccc12. The Balaban J connectivity index is 2.05. The summed E-state index contributed by atoms with van der Waals surface area (Å²) in [6.45, 7) is 2.55. The highest BCUT2D eigenvalue weighted by Gasteiger charge is 2.20. The van der Waals surface area contributed by atoms with Crippen molar-refractivity contribution in [2.24, 2.45) is 0 Å². The zero-order valence-electron chi connectivity index (χ0n) is 11.3. The van der Waals surface area contributed by atoms with E-state index >= 15 is 0 Å². The molecule has 1 aliphatic heterocycles. The summed E-state index contributed by atoms with van der Waals surface area (Å²) in [7, 11) is 5.77. The van der Waals surface area contributed by atoms with Gasteiger partial charge in [0.25, 0.3) is 5.91 Å². The molecular weight excluding hydrogens is 249 g/mol. The van der Waals surface area contributed by atoms with E-state index in [0.717, 1.165) is 21.9 Å². The minimum absolute atomic E-state index is 0.0769. The van der Waals surface area contributed by atoms with E-state index in [-0.39, 0.29) is 5.91 Å².